The highest BCUT2D eigenvalue weighted by atomic mass is 79.9. The van der Waals surface area contributed by atoms with E-state index in [2.05, 4.69) is 37.2 Å². The number of morpholine rings is 1. The number of hydrogen-bond donors (Lipinski definition) is 1. The zero-order valence-electron chi connectivity index (χ0n) is 10.7. The topological polar surface area (TPSA) is 41.6 Å². The minimum Gasteiger partial charge on any atom is -0.378 e. The molecule has 0 radical (unpaired) electrons. The number of ether oxygens (including phenoxy) is 1. The second-order valence-corrected chi connectivity index (χ2v) is 6.20. The first-order chi connectivity index (χ1) is 9.08. The van der Waals surface area contributed by atoms with Gasteiger partial charge < -0.3 is 15.0 Å². The van der Waals surface area contributed by atoms with E-state index >= 15 is 0 Å². The molecular weight excluding hydrogens is 376 g/mol. The van der Waals surface area contributed by atoms with Gasteiger partial charge in [0.05, 0.1) is 13.2 Å². The number of halogens is 2. The lowest BCUT2D eigenvalue weighted by Gasteiger charge is -2.30. The maximum Gasteiger partial charge on any atom is 0.244 e. The molecule has 6 heteroatoms. The quantitative estimate of drug-likeness (QED) is 0.861. The van der Waals surface area contributed by atoms with Crippen molar-refractivity contribution in [3.8, 4) is 0 Å². The van der Waals surface area contributed by atoms with Crippen molar-refractivity contribution >= 4 is 43.5 Å². The van der Waals surface area contributed by atoms with Gasteiger partial charge in [-0.2, -0.15) is 0 Å². The van der Waals surface area contributed by atoms with E-state index in [0.29, 0.717) is 26.3 Å². The monoisotopic (exact) mass is 390 g/mol. The van der Waals surface area contributed by atoms with Crippen LogP contribution >= 0.6 is 31.9 Å². The average molecular weight is 392 g/mol. The summed E-state index contributed by atoms with van der Waals surface area (Å²) in [6, 6.07) is 5.58. The predicted octanol–water partition coefficient (Wildman–Crippen LogP) is 2.87. The van der Waals surface area contributed by atoms with Crippen molar-refractivity contribution < 1.29 is 9.53 Å². The molecule has 104 valence electrons. The zero-order valence-corrected chi connectivity index (χ0v) is 13.8. The van der Waals surface area contributed by atoms with E-state index in [1.165, 1.54) is 0 Å². The summed E-state index contributed by atoms with van der Waals surface area (Å²) in [4.78, 5) is 14.1. The van der Waals surface area contributed by atoms with Crippen LogP contribution in [0.1, 0.15) is 6.92 Å². The molecule has 1 fully saturated rings. The molecule has 2 rings (SSSR count). The van der Waals surface area contributed by atoms with Crippen LogP contribution in [0, 0.1) is 0 Å². The number of hydrogen-bond acceptors (Lipinski definition) is 3. The molecule has 1 aromatic carbocycles. The predicted molar refractivity (Wildman–Crippen MR) is 82.3 cm³/mol. The fourth-order valence-corrected chi connectivity index (χ4v) is 3.12. The molecule has 1 aliphatic rings. The SMILES string of the molecule is CC(Nc1ccc(Br)cc1Br)C(=O)N1CCOCC1. The van der Waals surface area contributed by atoms with Crippen LogP contribution in [-0.4, -0.2) is 43.2 Å². The van der Waals surface area contributed by atoms with Crippen molar-refractivity contribution in [2.45, 2.75) is 13.0 Å². The second-order valence-electron chi connectivity index (χ2n) is 4.43. The first kappa shape index (κ1) is 14.8. The number of nitrogens with one attached hydrogen (secondary N) is 1. The van der Waals surface area contributed by atoms with E-state index in [0.717, 1.165) is 14.6 Å². The van der Waals surface area contributed by atoms with Crippen LogP contribution in [0.4, 0.5) is 5.69 Å². The largest absolute Gasteiger partial charge is 0.378 e. The summed E-state index contributed by atoms with van der Waals surface area (Å²) in [6.45, 7) is 4.48. The summed E-state index contributed by atoms with van der Waals surface area (Å²) in [7, 11) is 0. The molecule has 0 aromatic heterocycles. The van der Waals surface area contributed by atoms with Gasteiger partial charge in [-0.3, -0.25) is 4.79 Å². The molecule has 19 heavy (non-hydrogen) atoms. The normalized spacial score (nSPS) is 17.1. The molecular formula is C13H16Br2N2O2. The van der Waals surface area contributed by atoms with E-state index in [1.54, 1.807) is 0 Å². The lowest BCUT2D eigenvalue weighted by atomic mass is 10.2. The summed E-state index contributed by atoms with van der Waals surface area (Å²) in [5.41, 5.74) is 0.914. The van der Waals surface area contributed by atoms with Gasteiger partial charge in [0, 0.05) is 27.7 Å². The molecule has 1 atom stereocenters. The Balaban J connectivity index is 1.99. The van der Waals surface area contributed by atoms with Crippen LogP contribution in [0.15, 0.2) is 27.1 Å². The Morgan fingerprint density at radius 2 is 2.05 bits per heavy atom. The van der Waals surface area contributed by atoms with Crippen LogP contribution in [0.2, 0.25) is 0 Å². The Labute approximate surface area is 129 Å². The van der Waals surface area contributed by atoms with Gasteiger partial charge in [-0.1, -0.05) is 15.9 Å². The van der Waals surface area contributed by atoms with Crippen molar-refractivity contribution in [1.82, 2.24) is 4.90 Å². The van der Waals surface area contributed by atoms with E-state index < -0.39 is 0 Å². The van der Waals surface area contributed by atoms with Crippen molar-refractivity contribution in [1.29, 1.82) is 0 Å². The first-order valence-electron chi connectivity index (χ1n) is 6.16. The third-order valence-corrected chi connectivity index (χ3v) is 4.15. The van der Waals surface area contributed by atoms with E-state index in [4.69, 9.17) is 4.74 Å². The molecule has 0 aliphatic carbocycles. The molecule has 1 aromatic rings. The molecule has 1 aliphatic heterocycles. The molecule has 1 unspecified atom stereocenters. The number of amides is 1. The first-order valence-corrected chi connectivity index (χ1v) is 7.74. The summed E-state index contributed by atoms with van der Waals surface area (Å²) in [6.07, 6.45) is 0. The van der Waals surface area contributed by atoms with Gasteiger partial charge in [0.25, 0.3) is 0 Å². The maximum atomic E-state index is 12.3. The molecule has 4 nitrogen and oxygen atoms in total. The smallest absolute Gasteiger partial charge is 0.244 e. The molecule has 1 amide bonds. The molecule has 1 saturated heterocycles. The van der Waals surface area contributed by atoms with Gasteiger partial charge in [-0.25, -0.2) is 0 Å². The van der Waals surface area contributed by atoms with Crippen molar-refractivity contribution in [3.63, 3.8) is 0 Å². The van der Waals surface area contributed by atoms with E-state index in [1.807, 2.05) is 30.0 Å². The minimum absolute atomic E-state index is 0.109. The zero-order chi connectivity index (χ0) is 13.8. The maximum absolute atomic E-state index is 12.3. The van der Waals surface area contributed by atoms with Crippen LogP contribution in [0.5, 0.6) is 0 Å². The van der Waals surface area contributed by atoms with Gasteiger partial charge in [-0.15, -0.1) is 0 Å². The van der Waals surface area contributed by atoms with Crippen molar-refractivity contribution in [2.75, 3.05) is 31.6 Å². The average Bonchev–Trinajstić information content (AvgIpc) is 2.42. The fourth-order valence-electron chi connectivity index (χ4n) is 1.96. The van der Waals surface area contributed by atoms with Crippen LogP contribution in [-0.2, 0) is 9.53 Å². The highest BCUT2D eigenvalue weighted by Crippen LogP contribution is 2.26. The van der Waals surface area contributed by atoms with Crippen molar-refractivity contribution in [3.05, 3.63) is 27.1 Å². The molecule has 0 spiro atoms. The number of anilines is 1. The third kappa shape index (κ3) is 3.94. The fraction of sp³-hybridized carbons (Fsp3) is 0.462. The molecule has 0 saturated carbocycles. The van der Waals surface area contributed by atoms with Gasteiger partial charge in [0.15, 0.2) is 0 Å². The Bertz CT molecular complexity index is 462. The number of carbonyl (C=O) groups is 1. The Morgan fingerprint density at radius 1 is 1.37 bits per heavy atom. The summed E-state index contributed by atoms with van der Waals surface area (Å²) in [5, 5.41) is 3.23. The Morgan fingerprint density at radius 3 is 2.68 bits per heavy atom. The summed E-state index contributed by atoms with van der Waals surface area (Å²) >= 11 is 6.89. The highest BCUT2D eigenvalue weighted by Gasteiger charge is 2.22. The second kappa shape index (κ2) is 6.72. The summed E-state index contributed by atoms with van der Waals surface area (Å²) in [5.74, 6) is 0.109. The van der Waals surface area contributed by atoms with E-state index in [-0.39, 0.29) is 11.9 Å². The van der Waals surface area contributed by atoms with Gasteiger partial charge in [-0.05, 0) is 41.1 Å². The molecule has 1 N–H and O–H groups in total. The van der Waals surface area contributed by atoms with Crippen LogP contribution in [0.25, 0.3) is 0 Å². The lowest BCUT2D eigenvalue weighted by molar-refractivity contribution is -0.135. The summed E-state index contributed by atoms with van der Waals surface area (Å²) < 4.78 is 7.18. The number of nitrogens with zero attached hydrogens (tertiary/aromatic N) is 1. The molecule has 1 heterocycles. The van der Waals surface area contributed by atoms with Gasteiger partial charge in [0.1, 0.15) is 6.04 Å². The van der Waals surface area contributed by atoms with Crippen LogP contribution in [0.3, 0.4) is 0 Å². The van der Waals surface area contributed by atoms with Crippen molar-refractivity contribution in [2.24, 2.45) is 0 Å². The number of benzene rings is 1. The lowest BCUT2D eigenvalue weighted by Crippen LogP contribution is -2.47. The van der Waals surface area contributed by atoms with Crippen LogP contribution < -0.4 is 5.32 Å². The van der Waals surface area contributed by atoms with Gasteiger partial charge in [0.2, 0.25) is 5.91 Å². The highest BCUT2D eigenvalue weighted by molar-refractivity contribution is 9.11. The Kier molecular flexibility index (Phi) is 5.24. The number of carbonyl (C=O) groups excluding carboxylic acids is 1. The van der Waals surface area contributed by atoms with Gasteiger partial charge >= 0.3 is 0 Å². The number of rotatable bonds is 3. The Hall–Kier alpha value is -0.590. The van der Waals surface area contributed by atoms with E-state index in [9.17, 15) is 4.79 Å². The minimum atomic E-state index is -0.254. The standard InChI is InChI=1S/C13H16Br2N2O2/c1-9(13(18)17-4-6-19-7-5-17)16-12-3-2-10(14)8-11(12)15/h2-3,8-9,16H,4-7H2,1H3. The molecule has 0 bridgehead atoms. The third-order valence-electron chi connectivity index (χ3n) is 3.00.